The molecule has 2 N–H and O–H groups in total. The Morgan fingerprint density at radius 1 is 1.35 bits per heavy atom. The molecule has 1 unspecified atom stereocenters. The highest BCUT2D eigenvalue weighted by Gasteiger charge is 2.22. The Kier molecular flexibility index (Phi) is 5.82. The molecule has 0 heterocycles. The van der Waals surface area contributed by atoms with E-state index in [1.54, 1.807) is 27.9 Å². The normalized spacial score (nSPS) is 12.7. The fraction of sp³-hybridized carbons (Fsp3) is 0.533. The van der Waals surface area contributed by atoms with Crippen LogP contribution in [0.3, 0.4) is 0 Å². The molecule has 1 aromatic rings. The summed E-state index contributed by atoms with van der Waals surface area (Å²) < 4.78 is 10.5. The quantitative estimate of drug-likeness (QED) is 0.870. The van der Waals surface area contributed by atoms with Gasteiger partial charge in [0.25, 0.3) is 0 Å². The zero-order valence-corrected chi connectivity index (χ0v) is 12.5. The zero-order chi connectivity index (χ0) is 15.2. The third-order valence-electron chi connectivity index (χ3n) is 2.62. The molecule has 0 saturated heterocycles. The maximum atomic E-state index is 11.9. The Morgan fingerprint density at radius 3 is 2.55 bits per heavy atom. The van der Waals surface area contributed by atoms with Crippen LogP contribution in [0.25, 0.3) is 0 Å². The summed E-state index contributed by atoms with van der Waals surface area (Å²) in [5.41, 5.74) is 0.254. The Bertz CT molecular complexity index is 440. The molecule has 0 fully saturated rings. The number of methoxy groups -OCH3 is 1. The lowest BCUT2D eigenvalue weighted by molar-refractivity contribution is 0.0496. The van der Waals surface area contributed by atoms with E-state index in [-0.39, 0.29) is 12.6 Å². The van der Waals surface area contributed by atoms with Crippen molar-refractivity contribution in [3.05, 3.63) is 29.8 Å². The number of carbonyl (C=O) groups is 1. The average Bonchev–Trinajstić information content (AvgIpc) is 2.36. The van der Waals surface area contributed by atoms with Gasteiger partial charge in [0.05, 0.1) is 13.2 Å². The monoisotopic (exact) mass is 281 g/mol. The second kappa shape index (κ2) is 7.14. The van der Waals surface area contributed by atoms with E-state index in [4.69, 9.17) is 9.47 Å². The van der Waals surface area contributed by atoms with E-state index in [1.165, 1.54) is 0 Å². The van der Waals surface area contributed by atoms with Gasteiger partial charge >= 0.3 is 6.09 Å². The minimum Gasteiger partial charge on any atom is -0.496 e. The van der Waals surface area contributed by atoms with Crippen molar-refractivity contribution in [1.29, 1.82) is 0 Å². The molecular weight excluding hydrogens is 258 g/mol. The standard InChI is InChI=1S/C15H23NO4/c1-15(2,3)20-14(18)16-12(9-10-17)11-7-5-6-8-13(11)19-4/h5-8,12,17H,9-10H2,1-4H3,(H,16,18). The van der Waals surface area contributed by atoms with Gasteiger partial charge < -0.3 is 19.9 Å². The number of aliphatic hydroxyl groups excluding tert-OH is 1. The lowest BCUT2D eigenvalue weighted by atomic mass is 10.0. The van der Waals surface area contributed by atoms with E-state index < -0.39 is 11.7 Å². The molecule has 0 saturated carbocycles. The molecule has 0 aliphatic heterocycles. The summed E-state index contributed by atoms with van der Waals surface area (Å²) in [6, 6.07) is 7.03. The number of amides is 1. The molecule has 5 heteroatoms. The Hall–Kier alpha value is -1.75. The number of carbonyl (C=O) groups excluding carboxylic acids is 1. The largest absolute Gasteiger partial charge is 0.496 e. The predicted octanol–water partition coefficient (Wildman–Crippen LogP) is 2.64. The third-order valence-corrected chi connectivity index (χ3v) is 2.62. The van der Waals surface area contributed by atoms with E-state index in [0.29, 0.717) is 12.2 Å². The van der Waals surface area contributed by atoms with Gasteiger partial charge in [-0.1, -0.05) is 18.2 Å². The summed E-state index contributed by atoms with van der Waals surface area (Å²) in [4.78, 5) is 11.9. The minimum atomic E-state index is -0.561. The first-order chi connectivity index (χ1) is 9.37. The highest BCUT2D eigenvalue weighted by molar-refractivity contribution is 5.68. The highest BCUT2D eigenvalue weighted by Crippen LogP contribution is 2.27. The van der Waals surface area contributed by atoms with Crippen LogP contribution in [-0.4, -0.2) is 30.5 Å². The molecule has 0 aromatic heterocycles. The third kappa shape index (κ3) is 5.09. The Morgan fingerprint density at radius 2 is 2.00 bits per heavy atom. The maximum absolute atomic E-state index is 11.9. The molecular formula is C15H23NO4. The fourth-order valence-corrected chi connectivity index (χ4v) is 1.84. The van der Waals surface area contributed by atoms with Gasteiger partial charge in [0.1, 0.15) is 11.4 Å². The van der Waals surface area contributed by atoms with E-state index in [1.807, 2.05) is 24.3 Å². The van der Waals surface area contributed by atoms with Gasteiger partial charge in [-0.15, -0.1) is 0 Å². The van der Waals surface area contributed by atoms with Crippen LogP contribution in [0.15, 0.2) is 24.3 Å². The fourth-order valence-electron chi connectivity index (χ4n) is 1.84. The second-order valence-electron chi connectivity index (χ2n) is 5.45. The van der Waals surface area contributed by atoms with Gasteiger partial charge in [-0.05, 0) is 33.3 Å². The molecule has 0 aliphatic rings. The lowest BCUT2D eigenvalue weighted by Gasteiger charge is -2.24. The van der Waals surface area contributed by atoms with Crippen LogP contribution in [0.2, 0.25) is 0 Å². The SMILES string of the molecule is COc1ccccc1C(CCO)NC(=O)OC(C)(C)C. The van der Waals surface area contributed by atoms with E-state index in [9.17, 15) is 9.90 Å². The maximum Gasteiger partial charge on any atom is 0.408 e. The van der Waals surface area contributed by atoms with E-state index in [2.05, 4.69) is 5.32 Å². The first kappa shape index (κ1) is 16.3. The van der Waals surface area contributed by atoms with Crippen molar-refractivity contribution in [2.75, 3.05) is 13.7 Å². The van der Waals surface area contributed by atoms with Crippen molar-refractivity contribution in [2.45, 2.75) is 38.8 Å². The number of hydrogen-bond acceptors (Lipinski definition) is 4. The molecule has 20 heavy (non-hydrogen) atoms. The molecule has 1 rings (SSSR count). The molecule has 0 radical (unpaired) electrons. The van der Waals surface area contributed by atoms with Crippen molar-refractivity contribution < 1.29 is 19.4 Å². The van der Waals surface area contributed by atoms with Crippen molar-refractivity contribution in [1.82, 2.24) is 5.32 Å². The zero-order valence-electron chi connectivity index (χ0n) is 12.5. The van der Waals surface area contributed by atoms with E-state index in [0.717, 1.165) is 5.56 Å². The molecule has 0 bridgehead atoms. The number of benzene rings is 1. The summed E-state index contributed by atoms with van der Waals surface area (Å²) in [5.74, 6) is 0.669. The van der Waals surface area contributed by atoms with Crippen molar-refractivity contribution in [3.8, 4) is 5.75 Å². The number of rotatable bonds is 5. The highest BCUT2D eigenvalue weighted by atomic mass is 16.6. The summed E-state index contributed by atoms with van der Waals surface area (Å²) in [7, 11) is 1.57. The Labute approximate surface area is 119 Å². The molecule has 1 atom stereocenters. The van der Waals surface area contributed by atoms with Crippen LogP contribution >= 0.6 is 0 Å². The van der Waals surface area contributed by atoms with Gasteiger partial charge in [-0.25, -0.2) is 4.79 Å². The predicted molar refractivity (Wildman–Crippen MR) is 76.8 cm³/mol. The van der Waals surface area contributed by atoms with Crippen LogP contribution in [0, 0.1) is 0 Å². The number of aliphatic hydroxyl groups is 1. The van der Waals surface area contributed by atoms with Crippen molar-refractivity contribution in [3.63, 3.8) is 0 Å². The molecule has 0 spiro atoms. The topological polar surface area (TPSA) is 67.8 Å². The molecule has 1 aromatic carbocycles. The van der Waals surface area contributed by atoms with Crippen molar-refractivity contribution in [2.24, 2.45) is 0 Å². The van der Waals surface area contributed by atoms with Crippen LogP contribution in [-0.2, 0) is 4.74 Å². The number of ether oxygens (including phenoxy) is 2. The van der Waals surface area contributed by atoms with Crippen LogP contribution in [0.5, 0.6) is 5.75 Å². The lowest BCUT2D eigenvalue weighted by Crippen LogP contribution is -2.35. The van der Waals surface area contributed by atoms with Gasteiger partial charge in [0.2, 0.25) is 0 Å². The van der Waals surface area contributed by atoms with Gasteiger partial charge in [0.15, 0.2) is 0 Å². The average molecular weight is 281 g/mol. The number of hydrogen-bond donors (Lipinski definition) is 2. The summed E-state index contributed by atoms with van der Waals surface area (Å²) >= 11 is 0. The number of para-hydroxylation sites is 1. The van der Waals surface area contributed by atoms with Gasteiger partial charge in [-0.3, -0.25) is 0 Å². The molecule has 112 valence electrons. The van der Waals surface area contributed by atoms with Crippen molar-refractivity contribution >= 4 is 6.09 Å². The molecule has 0 aliphatic carbocycles. The second-order valence-corrected chi connectivity index (χ2v) is 5.45. The van der Waals surface area contributed by atoms with Gasteiger partial charge in [0, 0.05) is 12.2 Å². The molecule has 1 amide bonds. The summed E-state index contributed by atoms with van der Waals surface area (Å²) in [6.07, 6.45) is -0.124. The van der Waals surface area contributed by atoms with E-state index >= 15 is 0 Å². The minimum absolute atomic E-state index is 0.0431. The number of nitrogens with one attached hydrogen (secondary N) is 1. The van der Waals surface area contributed by atoms with Crippen LogP contribution < -0.4 is 10.1 Å². The first-order valence-corrected chi connectivity index (χ1v) is 6.60. The van der Waals surface area contributed by atoms with Gasteiger partial charge in [-0.2, -0.15) is 0 Å². The Balaban J connectivity index is 2.86. The first-order valence-electron chi connectivity index (χ1n) is 6.60. The summed E-state index contributed by atoms with van der Waals surface area (Å²) in [5, 5.41) is 11.9. The molecule has 5 nitrogen and oxygen atoms in total. The summed E-state index contributed by atoms with van der Waals surface area (Å²) in [6.45, 7) is 5.36. The van der Waals surface area contributed by atoms with Crippen LogP contribution in [0.1, 0.15) is 38.8 Å². The van der Waals surface area contributed by atoms with Crippen LogP contribution in [0.4, 0.5) is 4.79 Å². The number of alkyl carbamates (subject to hydrolysis) is 1. The smallest absolute Gasteiger partial charge is 0.408 e.